The third kappa shape index (κ3) is 7.44. The number of aliphatic hydroxyl groups is 14. The van der Waals surface area contributed by atoms with E-state index >= 15 is 0 Å². The highest BCUT2D eigenvalue weighted by molar-refractivity contribution is 4.97. The lowest BCUT2D eigenvalue weighted by atomic mass is 9.96. The molecule has 0 aromatic heterocycles. The second-order valence-corrected chi connectivity index (χ2v) is 11.1. The maximum atomic E-state index is 11.0. The molecule has 0 radical (unpaired) electrons. The molecule has 21 nitrogen and oxygen atoms in total. The molecule has 21 heteroatoms. The van der Waals surface area contributed by atoms with Crippen LogP contribution in [0.5, 0.6) is 0 Å². The molecular weight excluding hydrogens is 624 g/mol. The molecule has 20 atom stereocenters. The first kappa shape index (κ1) is 37.0. The van der Waals surface area contributed by atoms with Crippen LogP contribution in [0, 0.1) is 0 Å². The van der Waals surface area contributed by atoms with Crippen LogP contribution in [0.25, 0.3) is 0 Å². The highest BCUT2D eigenvalue weighted by Gasteiger charge is 2.55. The number of aliphatic hydroxyl groups excluding tert-OH is 14. The largest absolute Gasteiger partial charge is 0.394 e. The van der Waals surface area contributed by atoms with Gasteiger partial charge in [0, 0.05) is 0 Å². The summed E-state index contributed by atoms with van der Waals surface area (Å²) in [5.74, 6) is 0. The topological polar surface area (TPSA) is 348 Å². The Morgan fingerprint density at radius 1 is 0.333 bits per heavy atom. The number of hydrogen-bond acceptors (Lipinski definition) is 21. The van der Waals surface area contributed by atoms with E-state index in [4.69, 9.17) is 33.2 Å². The summed E-state index contributed by atoms with van der Waals surface area (Å²) < 4.78 is 38.2. The Balaban J connectivity index is 1.63. The van der Waals surface area contributed by atoms with Gasteiger partial charge in [-0.1, -0.05) is 0 Å². The van der Waals surface area contributed by atoms with Crippen LogP contribution in [-0.2, 0) is 33.2 Å². The maximum absolute atomic E-state index is 11.0. The first-order valence-corrected chi connectivity index (χ1v) is 14.1. The highest BCUT2D eigenvalue weighted by atomic mass is 16.8. The van der Waals surface area contributed by atoms with Crippen LogP contribution in [0.4, 0.5) is 0 Å². The lowest BCUT2D eigenvalue weighted by Gasteiger charge is -2.49. The molecule has 45 heavy (non-hydrogen) atoms. The van der Waals surface area contributed by atoms with Gasteiger partial charge in [0.25, 0.3) is 0 Å². The van der Waals surface area contributed by atoms with E-state index < -0.39 is 149 Å². The summed E-state index contributed by atoms with van der Waals surface area (Å²) in [6.07, 6.45) is -36.6. The van der Waals surface area contributed by atoms with Gasteiger partial charge in [0.15, 0.2) is 25.2 Å². The summed E-state index contributed by atoms with van der Waals surface area (Å²) in [7, 11) is 0. The van der Waals surface area contributed by atoms with E-state index in [1.165, 1.54) is 0 Å². The van der Waals surface area contributed by atoms with E-state index in [-0.39, 0.29) is 0 Å². The molecule has 14 N–H and O–H groups in total. The lowest BCUT2D eigenvalue weighted by Crippen LogP contribution is -2.68. The van der Waals surface area contributed by atoms with Gasteiger partial charge in [0.2, 0.25) is 0 Å². The van der Waals surface area contributed by atoms with Crippen molar-refractivity contribution in [3.63, 3.8) is 0 Å². The average molecular weight is 667 g/mol. The van der Waals surface area contributed by atoms with Crippen molar-refractivity contribution < 1.29 is 105 Å². The lowest BCUT2D eigenvalue weighted by molar-refractivity contribution is -0.403. The van der Waals surface area contributed by atoms with Gasteiger partial charge >= 0.3 is 0 Å². The van der Waals surface area contributed by atoms with Crippen molar-refractivity contribution >= 4 is 0 Å². The molecule has 4 heterocycles. The van der Waals surface area contributed by atoms with Crippen LogP contribution in [0.3, 0.4) is 0 Å². The van der Waals surface area contributed by atoms with Crippen LogP contribution in [0.15, 0.2) is 0 Å². The van der Waals surface area contributed by atoms with Gasteiger partial charge in [-0.05, 0) is 0 Å². The van der Waals surface area contributed by atoms with E-state index in [0.29, 0.717) is 0 Å². The number of ether oxygens (including phenoxy) is 7. The molecule has 0 spiro atoms. The van der Waals surface area contributed by atoms with Crippen molar-refractivity contribution in [2.75, 3.05) is 26.4 Å². The summed E-state index contributed by atoms with van der Waals surface area (Å²) in [4.78, 5) is 0. The Labute approximate surface area is 254 Å². The molecule has 0 aromatic carbocycles. The monoisotopic (exact) mass is 666 g/mol. The second-order valence-electron chi connectivity index (χ2n) is 11.1. The standard InChI is InChI=1S/C24H42O21/c25-1-5-9(29)13(33)16(36)22(40-5)44-19-14(34)10(30)7(3-27)42-24(19)45-20-15(35)11(31)6(2-26)41-23(20)43-18-12(32)8(4-28)39-21(38)17(18)37/h5-38H,1-4H2/t5-,6-,7-,8-,9-,10-,11-,12-,13+,14+,15+,16+,17+,18+,19+,20+,21-,22-,23-,24-/m1/s1. The summed E-state index contributed by atoms with van der Waals surface area (Å²) in [5, 5.41) is 143. The Kier molecular flexibility index (Phi) is 12.8. The maximum Gasteiger partial charge on any atom is 0.187 e. The Bertz CT molecular complexity index is 916. The first-order valence-electron chi connectivity index (χ1n) is 14.1. The van der Waals surface area contributed by atoms with Gasteiger partial charge in [0.1, 0.15) is 97.7 Å². The zero-order valence-corrected chi connectivity index (χ0v) is 23.5. The highest BCUT2D eigenvalue weighted by Crippen LogP contribution is 2.34. The van der Waals surface area contributed by atoms with Gasteiger partial charge in [-0.3, -0.25) is 0 Å². The zero-order valence-electron chi connectivity index (χ0n) is 23.5. The average Bonchev–Trinajstić information content (AvgIpc) is 3.03. The molecule has 4 rings (SSSR count). The van der Waals surface area contributed by atoms with E-state index in [1.54, 1.807) is 0 Å². The molecule has 4 fully saturated rings. The van der Waals surface area contributed by atoms with Gasteiger partial charge in [0.05, 0.1) is 26.4 Å². The minimum Gasteiger partial charge on any atom is -0.394 e. The predicted molar refractivity (Wildman–Crippen MR) is 134 cm³/mol. The van der Waals surface area contributed by atoms with Crippen LogP contribution >= 0.6 is 0 Å². The van der Waals surface area contributed by atoms with Crippen LogP contribution in [0.2, 0.25) is 0 Å². The fourth-order valence-corrected chi connectivity index (χ4v) is 5.49. The van der Waals surface area contributed by atoms with Crippen LogP contribution in [-0.4, -0.2) is 221 Å². The molecule has 0 bridgehead atoms. The molecule has 4 aliphatic rings. The molecule has 0 saturated carbocycles. The third-order valence-electron chi connectivity index (χ3n) is 8.21. The second kappa shape index (κ2) is 15.6. The molecule has 264 valence electrons. The van der Waals surface area contributed by atoms with Crippen molar-refractivity contribution in [1.82, 2.24) is 0 Å². The number of hydrogen-bond donors (Lipinski definition) is 14. The number of rotatable bonds is 10. The molecule has 0 aliphatic carbocycles. The van der Waals surface area contributed by atoms with Gasteiger partial charge in [-0.2, -0.15) is 0 Å². The molecular formula is C24H42O21. The van der Waals surface area contributed by atoms with E-state index in [0.717, 1.165) is 0 Å². The van der Waals surface area contributed by atoms with Gasteiger partial charge in [-0.15, -0.1) is 0 Å². The molecule has 0 amide bonds. The van der Waals surface area contributed by atoms with E-state index in [2.05, 4.69) is 0 Å². The zero-order chi connectivity index (χ0) is 33.3. The Morgan fingerprint density at radius 2 is 0.689 bits per heavy atom. The summed E-state index contributed by atoms with van der Waals surface area (Å²) in [6.45, 7) is -3.45. The van der Waals surface area contributed by atoms with Crippen molar-refractivity contribution in [2.45, 2.75) is 123 Å². The minimum absolute atomic E-state index is 0.827. The first-order chi connectivity index (χ1) is 21.3. The van der Waals surface area contributed by atoms with Crippen LogP contribution in [0.1, 0.15) is 0 Å². The molecule has 4 aliphatic heterocycles. The predicted octanol–water partition coefficient (Wildman–Crippen LogP) is -9.75. The quantitative estimate of drug-likeness (QED) is 0.103. The van der Waals surface area contributed by atoms with Gasteiger partial charge in [-0.25, -0.2) is 0 Å². The Hall–Kier alpha value is -0.840. The van der Waals surface area contributed by atoms with Crippen molar-refractivity contribution in [3.8, 4) is 0 Å². The minimum atomic E-state index is -2.03. The van der Waals surface area contributed by atoms with Crippen LogP contribution < -0.4 is 0 Å². The molecule has 0 aromatic rings. The summed E-state index contributed by atoms with van der Waals surface area (Å²) in [5.41, 5.74) is 0. The fourth-order valence-electron chi connectivity index (χ4n) is 5.49. The SMILES string of the molecule is OC[C@H]1O[C@H](O[C@@H]2[C@@H](O[C@@H]3[C@@H](O[C@@H]4[C@H](O)[C@H](O)O[C@H](CO)[C@H]4O)O[C@H](CO)[C@@H](O)[C@@H]3O)O[C@H](CO)[C@@H](O)[C@@H]2O)[C@@H](O)[C@@H](O)[C@@H]1O. The fraction of sp³-hybridized carbons (Fsp3) is 1.00. The summed E-state index contributed by atoms with van der Waals surface area (Å²) in [6, 6.07) is 0. The Morgan fingerprint density at radius 3 is 1.13 bits per heavy atom. The smallest absolute Gasteiger partial charge is 0.187 e. The van der Waals surface area contributed by atoms with Crippen molar-refractivity contribution in [2.24, 2.45) is 0 Å². The van der Waals surface area contributed by atoms with E-state index in [1.807, 2.05) is 0 Å². The molecule has 0 unspecified atom stereocenters. The van der Waals surface area contributed by atoms with Crippen molar-refractivity contribution in [3.05, 3.63) is 0 Å². The normalized spacial score (nSPS) is 52.9. The molecule has 4 saturated heterocycles. The van der Waals surface area contributed by atoms with E-state index in [9.17, 15) is 71.5 Å². The van der Waals surface area contributed by atoms with Crippen molar-refractivity contribution in [1.29, 1.82) is 0 Å². The summed E-state index contributed by atoms with van der Waals surface area (Å²) >= 11 is 0. The third-order valence-corrected chi connectivity index (χ3v) is 8.21. The van der Waals surface area contributed by atoms with Gasteiger partial charge < -0.3 is 105 Å².